The van der Waals surface area contributed by atoms with Crippen molar-refractivity contribution in [3.05, 3.63) is 28.7 Å². The number of hydrogen-bond acceptors (Lipinski definition) is 3. The van der Waals surface area contributed by atoms with Crippen LogP contribution in [0.25, 0.3) is 0 Å². The number of carbonyl (C=O) groups excluding carboxylic acids is 1. The SMILES string of the molecule is O=C(CSc1ccc(Br)cc1)N1CC2CCC(O)C2C1. The van der Waals surface area contributed by atoms with Gasteiger partial charge in [-0.1, -0.05) is 15.9 Å². The quantitative estimate of drug-likeness (QED) is 0.847. The predicted octanol–water partition coefficient (Wildman–Crippen LogP) is 2.77. The number of halogens is 1. The Labute approximate surface area is 131 Å². The Morgan fingerprint density at radius 1 is 1.30 bits per heavy atom. The number of benzene rings is 1. The third kappa shape index (κ3) is 3.05. The second kappa shape index (κ2) is 6.08. The molecule has 2 aliphatic rings. The molecule has 3 rings (SSSR count). The van der Waals surface area contributed by atoms with Crippen LogP contribution in [0.3, 0.4) is 0 Å². The Bertz CT molecular complexity index is 493. The molecule has 1 N–H and O–H groups in total. The van der Waals surface area contributed by atoms with E-state index >= 15 is 0 Å². The van der Waals surface area contributed by atoms with Gasteiger partial charge in [0.1, 0.15) is 0 Å². The van der Waals surface area contributed by atoms with Crippen molar-refractivity contribution >= 4 is 33.6 Å². The van der Waals surface area contributed by atoms with Gasteiger partial charge in [-0.05, 0) is 43.0 Å². The monoisotopic (exact) mass is 355 g/mol. The first-order valence-corrected chi connectivity index (χ1v) is 8.75. The molecule has 0 bridgehead atoms. The molecule has 1 aromatic rings. The molecular weight excluding hydrogens is 338 g/mol. The average molecular weight is 356 g/mol. The summed E-state index contributed by atoms with van der Waals surface area (Å²) >= 11 is 4.98. The van der Waals surface area contributed by atoms with E-state index in [-0.39, 0.29) is 12.0 Å². The maximum Gasteiger partial charge on any atom is 0.232 e. The molecule has 0 aromatic heterocycles. The number of amides is 1. The van der Waals surface area contributed by atoms with Gasteiger partial charge in [-0.15, -0.1) is 11.8 Å². The van der Waals surface area contributed by atoms with Crippen molar-refractivity contribution in [2.24, 2.45) is 11.8 Å². The van der Waals surface area contributed by atoms with Crippen LogP contribution in [0.5, 0.6) is 0 Å². The fourth-order valence-electron chi connectivity index (χ4n) is 3.21. The Hall–Kier alpha value is -0.520. The molecule has 20 heavy (non-hydrogen) atoms. The largest absolute Gasteiger partial charge is 0.393 e. The van der Waals surface area contributed by atoms with E-state index in [0.29, 0.717) is 17.6 Å². The third-order valence-electron chi connectivity index (χ3n) is 4.35. The summed E-state index contributed by atoms with van der Waals surface area (Å²) in [6, 6.07) is 8.02. The second-order valence-corrected chi connectivity index (χ2v) is 7.57. The van der Waals surface area contributed by atoms with E-state index < -0.39 is 0 Å². The molecular formula is C15H18BrNO2S. The van der Waals surface area contributed by atoms with Gasteiger partial charge in [-0.3, -0.25) is 4.79 Å². The highest BCUT2D eigenvalue weighted by Crippen LogP contribution is 2.38. The zero-order valence-corrected chi connectivity index (χ0v) is 13.6. The van der Waals surface area contributed by atoms with Gasteiger partial charge >= 0.3 is 0 Å². The van der Waals surface area contributed by atoms with Gasteiger partial charge < -0.3 is 10.0 Å². The van der Waals surface area contributed by atoms with Crippen molar-refractivity contribution in [3.63, 3.8) is 0 Å². The highest BCUT2D eigenvalue weighted by atomic mass is 79.9. The summed E-state index contributed by atoms with van der Waals surface area (Å²) in [5.41, 5.74) is 0. The van der Waals surface area contributed by atoms with Crippen LogP contribution in [0.4, 0.5) is 0 Å². The minimum atomic E-state index is -0.197. The zero-order chi connectivity index (χ0) is 14.1. The number of aliphatic hydroxyl groups is 1. The summed E-state index contributed by atoms with van der Waals surface area (Å²) in [5, 5.41) is 9.89. The standard InChI is InChI=1S/C15H18BrNO2S/c16-11-2-4-12(5-3-11)20-9-15(19)17-7-10-1-6-14(18)13(10)8-17/h2-5,10,13-14,18H,1,6-9H2. The van der Waals surface area contributed by atoms with Gasteiger partial charge in [0.05, 0.1) is 11.9 Å². The summed E-state index contributed by atoms with van der Waals surface area (Å²) in [5.74, 6) is 1.51. The number of aliphatic hydroxyl groups excluding tert-OH is 1. The molecule has 0 spiro atoms. The van der Waals surface area contributed by atoms with Crippen molar-refractivity contribution in [2.75, 3.05) is 18.8 Å². The first-order valence-electron chi connectivity index (χ1n) is 6.97. The van der Waals surface area contributed by atoms with Crippen LogP contribution in [0, 0.1) is 11.8 Å². The van der Waals surface area contributed by atoms with Gasteiger partial charge in [0.25, 0.3) is 0 Å². The fourth-order valence-corrected chi connectivity index (χ4v) is 4.27. The minimum Gasteiger partial charge on any atom is -0.393 e. The number of rotatable bonds is 3. The number of nitrogens with zero attached hydrogens (tertiary/aromatic N) is 1. The Morgan fingerprint density at radius 2 is 2.05 bits per heavy atom. The molecule has 3 atom stereocenters. The normalized spacial score (nSPS) is 28.7. The number of fused-ring (bicyclic) bond motifs is 1. The summed E-state index contributed by atoms with van der Waals surface area (Å²) in [4.78, 5) is 15.3. The summed E-state index contributed by atoms with van der Waals surface area (Å²) in [7, 11) is 0. The molecule has 3 nitrogen and oxygen atoms in total. The van der Waals surface area contributed by atoms with E-state index in [1.807, 2.05) is 29.2 Å². The Balaban J connectivity index is 1.52. The van der Waals surface area contributed by atoms with Gasteiger partial charge in [-0.2, -0.15) is 0 Å². The van der Waals surface area contributed by atoms with E-state index in [1.54, 1.807) is 11.8 Å². The third-order valence-corrected chi connectivity index (χ3v) is 5.87. The first-order chi connectivity index (χ1) is 9.63. The highest BCUT2D eigenvalue weighted by Gasteiger charge is 2.43. The smallest absolute Gasteiger partial charge is 0.232 e. The van der Waals surface area contributed by atoms with Crippen LogP contribution in [-0.4, -0.2) is 40.9 Å². The topological polar surface area (TPSA) is 40.5 Å². The lowest BCUT2D eigenvalue weighted by atomic mass is 10.00. The average Bonchev–Trinajstić information content (AvgIpc) is 3.01. The van der Waals surface area contributed by atoms with E-state index in [9.17, 15) is 9.90 Å². The van der Waals surface area contributed by atoms with E-state index in [2.05, 4.69) is 15.9 Å². The molecule has 1 heterocycles. The Kier molecular flexibility index (Phi) is 4.38. The molecule has 1 aliphatic carbocycles. The van der Waals surface area contributed by atoms with Gasteiger partial charge in [0, 0.05) is 28.4 Å². The Morgan fingerprint density at radius 3 is 2.75 bits per heavy atom. The molecule has 1 saturated carbocycles. The number of thioether (sulfide) groups is 1. The molecule has 0 radical (unpaired) electrons. The van der Waals surface area contributed by atoms with E-state index in [4.69, 9.17) is 0 Å². The lowest BCUT2D eigenvalue weighted by molar-refractivity contribution is -0.127. The van der Waals surface area contributed by atoms with Gasteiger partial charge in [0.2, 0.25) is 5.91 Å². The fraction of sp³-hybridized carbons (Fsp3) is 0.533. The molecule has 5 heteroatoms. The van der Waals surface area contributed by atoms with Crippen LogP contribution in [0.2, 0.25) is 0 Å². The minimum absolute atomic E-state index is 0.194. The van der Waals surface area contributed by atoms with Crippen LogP contribution >= 0.6 is 27.7 Å². The molecule has 1 aromatic carbocycles. The number of hydrogen-bond donors (Lipinski definition) is 1. The molecule has 1 amide bonds. The van der Waals surface area contributed by atoms with Crippen molar-refractivity contribution in [1.29, 1.82) is 0 Å². The molecule has 1 aliphatic heterocycles. The maximum absolute atomic E-state index is 12.2. The van der Waals surface area contributed by atoms with Crippen molar-refractivity contribution in [3.8, 4) is 0 Å². The summed E-state index contributed by atoms with van der Waals surface area (Å²) < 4.78 is 1.05. The van der Waals surface area contributed by atoms with Crippen molar-refractivity contribution in [2.45, 2.75) is 23.8 Å². The number of likely N-dealkylation sites (tertiary alicyclic amines) is 1. The predicted molar refractivity (Wildman–Crippen MR) is 83.7 cm³/mol. The summed E-state index contributed by atoms with van der Waals surface area (Å²) in [6.07, 6.45) is 1.78. The van der Waals surface area contributed by atoms with Crippen LogP contribution in [-0.2, 0) is 4.79 Å². The maximum atomic E-state index is 12.2. The van der Waals surface area contributed by atoms with E-state index in [1.165, 1.54) is 0 Å². The molecule has 108 valence electrons. The second-order valence-electron chi connectivity index (χ2n) is 5.61. The lowest BCUT2D eigenvalue weighted by Crippen LogP contribution is -2.32. The first kappa shape index (κ1) is 14.4. The lowest BCUT2D eigenvalue weighted by Gasteiger charge is -2.18. The van der Waals surface area contributed by atoms with E-state index in [0.717, 1.165) is 35.3 Å². The van der Waals surface area contributed by atoms with Crippen molar-refractivity contribution in [1.82, 2.24) is 4.90 Å². The molecule has 3 unspecified atom stereocenters. The molecule has 1 saturated heterocycles. The van der Waals surface area contributed by atoms with Gasteiger partial charge in [0.15, 0.2) is 0 Å². The van der Waals surface area contributed by atoms with Gasteiger partial charge in [-0.25, -0.2) is 0 Å². The van der Waals surface area contributed by atoms with Crippen molar-refractivity contribution < 1.29 is 9.90 Å². The summed E-state index contributed by atoms with van der Waals surface area (Å²) in [6.45, 7) is 1.58. The highest BCUT2D eigenvalue weighted by molar-refractivity contribution is 9.10. The van der Waals surface area contributed by atoms with Crippen LogP contribution in [0.15, 0.2) is 33.6 Å². The molecule has 2 fully saturated rings. The van der Waals surface area contributed by atoms with Crippen LogP contribution < -0.4 is 0 Å². The number of carbonyl (C=O) groups is 1. The van der Waals surface area contributed by atoms with Crippen LogP contribution in [0.1, 0.15) is 12.8 Å². The zero-order valence-electron chi connectivity index (χ0n) is 11.2.